The molecule has 78 valence electrons. The van der Waals surface area contributed by atoms with E-state index in [0.29, 0.717) is 17.0 Å². The predicted octanol–water partition coefficient (Wildman–Crippen LogP) is 4.48. The SMILES string of the molecule is CC(C)P(C[P+](=O)C(C)C)C(C)C. The summed E-state index contributed by atoms with van der Waals surface area (Å²) < 4.78 is 11.7. The van der Waals surface area contributed by atoms with E-state index in [2.05, 4.69) is 41.5 Å². The molecular weight excluding hydrogens is 198 g/mol. The number of rotatable bonds is 5. The Morgan fingerprint density at radius 3 is 1.62 bits per heavy atom. The zero-order valence-electron chi connectivity index (χ0n) is 9.74. The number of hydrogen-bond donors (Lipinski definition) is 0. The van der Waals surface area contributed by atoms with Gasteiger partial charge in [-0.05, 0) is 25.2 Å². The van der Waals surface area contributed by atoms with E-state index in [-0.39, 0.29) is 7.92 Å². The van der Waals surface area contributed by atoms with Gasteiger partial charge in [0.1, 0.15) is 0 Å². The van der Waals surface area contributed by atoms with E-state index in [1.54, 1.807) is 0 Å². The van der Waals surface area contributed by atoms with E-state index in [1.807, 2.05) is 0 Å². The van der Waals surface area contributed by atoms with Crippen LogP contribution in [0.4, 0.5) is 0 Å². The molecule has 1 nitrogen and oxygen atoms in total. The van der Waals surface area contributed by atoms with Gasteiger partial charge < -0.3 is 0 Å². The molecule has 0 aliphatic carbocycles. The van der Waals surface area contributed by atoms with Crippen LogP contribution in [0.25, 0.3) is 0 Å². The summed E-state index contributed by atoms with van der Waals surface area (Å²) in [5.74, 6) is 0.970. The minimum atomic E-state index is -0.965. The van der Waals surface area contributed by atoms with Gasteiger partial charge in [0.2, 0.25) is 0 Å². The van der Waals surface area contributed by atoms with Crippen molar-refractivity contribution in [3.05, 3.63) is 0 Å². The van der Waals surface area contributed by atoms with Crippen LogP contribution >= 0.6 is 15.7 Å². The van der Waals surface area contributed by atoms with Crippen LogP contribution < -0.4 is 0 Å². The molecule has 0 saturated heterocycles. The van der Waals surface area contributed by atoms with Crippen molar-refractivity contribution in [2.45, 2.75) is 58.5 Å². The van der Waals surface area contributed by atoms with Gasteiger partial charge >= 0.3 is 7.80 Å². The van der Waals surface area contributed by atoms with Gasteiger partial charge in [-0.3, -0.25) is 0 Å². The molecular formula is C10H23OP2+. The molecule has 13 heavy (non-hydrogen) atoms. The zero-order chi connectivity index (χ0) is 10.6. The first-order valence-corrected chi connectivity index (χ1v) is 8.23. The third-order valence-corrected chi connectivity index (χ3v) is 8.43. The van der Waals surface area contributed by atoms with Crippen LogP contribution in [0.2, 0.25) is 0 Å². The molecule has 0 aliphatic rings. The molecule has 0 aromatic rings. The van der Waals surface area contributed by atoms with Crippen LogP contribution in [0.15, 0.2) is 0 Å². The molecule has 1 atom stereocenters. The Kier molecular flexibility index (Phi) is 6.34. The summed E-state index contributed by atoms with van der Waals surface area (Å²) in [5, 5.41) is 0. The summed E-state index contributed by atoms with van der Waals surface area (Å²) in [7, 11) is -0.999. The molecule has 0 heterocycles. The highest BCUT2D eigenvalue weighted by molar-refractivity contribution is 7.70. The fourth-order valence-corrected chi connectivity index (χ4v) is 7.65. The fourth-order valence-electron chi connectivity index (χ4n) is 1.25. The van der Waals surface area contributed by atoms with E-state index in [4.69, 9.17) is 0 Å². The summed E-state index contributed by atoms with van der Waals surface area (Å²) in [5.41, 5.74) is 1.79. The van der Waals surface area contributed by atoms with Crippen molar-refractivity contribution in [2.24, 2.45) is 0 Å². The summed E-state index contributed by atoms with van der Waals surface area (Å²) in [6.45, 7) is 13.2. The maximum atomic E-state index is 11.7. The molecule has 0 aromatic heterocycles. The fraction of sp³-hybridized carbons (Fsp3) is 1.00. The lowest BCUT2D eigenvalue weighted by molar-refractivity contribution is 0.585. The monoisotopic (exact) mass is 221 g/mol. The molecule has 0 rings (SSSR count). The Labute approximate surface area is 85.2 Å². The molecule has 0 bridgehead atoms. The highest BCUT2D eigenvalue weighted by Gasteiger charge is 2.29. The van der Waals surface area contributed by atoms with Crippen LogP contribution in [0.1, 0.15) is 41.5 Å². The first-order chi connectivity index (χ1) is 5.86. The second kappa shape index (κ2) is 6.10. The lowest BCUT2D eigenvalue weighted by Gasteiger charge is -2.21. The summed E-state index contributed by atoms with van der Waals surface area (Å²) >= 11 is 0. The normalized spacial score (nSPS) is 13.5. The third kappa shape index (κ3) is 5.08. The van der Waals surface area contributed by atoms with Gasteiger partial charge in [-0.1, -0.05) is 40.2 Å². The standard InChI is InChI=1S/C10H23OP2/c1-8(2)12(9(3)4)7-13(11)10(5)6/h8-10H,7H2,1-6H3/q+1. The maximum absolute atomic E-state index is 11.7. The van der Waals surface area contributed by atoms with Crippen LogP contribution in [0.3, 0.4) is 0 Å². The van der Waals surface area contributed by atoms with Crippen LogP contribution in [-0.2, 0) is 4.57 Å². The largest absolute Gasteiger partial charge is 0.345 e. The first-order valence-electron chi connectivity index (χ1n) is 5.05. The molecule has 0 fully saturated rings. The second-order valence-electron chi connectivity index (χ2n) is 4.35. The van der Waals surface area contributed by atoms with E-state index in [0.717, 1.165) is 5.90 Å². The van der Waals surface area contributed by atoms with Gasteiger partial charge in [0.05, 0.1) is 0 Å². The van der Waals surface area contributed by atoms with Crippen molar-refractivity contribution in [3.8, 4) is 0 Å². The molecule has 0 radical (unpaired) electrons. The molecule has 0 aliphatic heterocycles. The van der Waals surface area contributed by atoms with Crippen LogP contribution in [-0.4, -0.2) is 22.9 Å². The Bertz CT molecular complexity index is 156. The highest BCUT2D eigenvalue weighted by Crippen LogP contribution is 2.53. The van der Waals surface area contributed by atoms with Gasteiger partial charge in [0, 0.05) is 0 Å². The zero-order valence-corrected chi connectivity index (χ0v) is 11.5. The second-order valence-corrected chi connectivity index (χ2v) is 10.4. The van der Waals surface area contributed by atoms with E-state index in [9.17, 15) is 4.57 Å². The smallest absolute Gasteiger partial charge is 0.0741 e. The predicted molar refractivity (Wildman–Crippen MR) is 64.8 cm³/mol. The summed E-state index contributed by atoms with van der Waals surface area (Å²) in [4.78, 5) is 0. The van der Waals surface area contributed by atoms with E-state index in [1.165, 1.54) is 0 Å². The third-order valence-electron chi connectivity index (χ3n) is 2.21. The van der Waals surface area contributed by atoms with Gasteiger partial charge in [-0.15, -0.1) is 0 Å². The van der Waals surface area contributed by atoms with Crippen molar-refractivity contribution in [3.63, 3.8) is 0 Å². The molecule has 0 N–H and O–H groups in total. The molecule has 0 saturated carbocycles. The molecule has 3 heteroatoms. The van der Waals surface area contributed by atoms with Crippen molar-refractivity contribution >= 4 is 15.7 Å². The molecule has 1 unspecified atom stereocenters. The Morgan fingerprint density at radius 1 is 1.00 bits per heavy atom. The lowest BCUT2D eigenvalue weighted by Crippen LogP contribution is -2.06. The summed E-state index contributed by atoms with van der Waals surface area (Å²) in [6, 6.07) is 0. The van der Waals surface area contributed by atoms with Crippen LogP contribution in [0, 0.1) is 0 Å². The Morgan fingerprint density at radius 2 is 1.38 bits per heavy atom. The van der Waals surface area contributed by atoms with Gasteiger partial charge in [0.15, 0.2) is 11.6 Å². The topological polar surface area (TPSA) is 17.1 Å². The highest BCUT2D eigenvalue weighted by atomic mass is 31.2. The Hall–Kier alpha value is 0.530. The van der Waals surface area contributed by atoms with Crippen molar-refractivity contribution in [1.82, 2.24) is 0 Å². The minimum Gasteiger partial charge on any atom is -0.0741 e. The maximum Gasteiger partial charge on any atom is 0.345 e. The van der Waals surface area contributed by atoms with E-state index >= 15 is 0 Å². The van der Waals surface area contributed by atoms with Crippen LogP contribution in [0.5, 0.6) is 0 Å². The van der Waals surface area contributed by atoms with Crippen molar-refractivity contribution in [2.75, 3.05) is 5.90 Å². The lowest BCUT2D eigenvalue weighted by atomic mass is 10.5. The number of hydrogen-bond acceptors (Lipinski definition) is 1. The first kappa shape index (κ1) is 13.5. The van der Waals surface area contributed by atoms with E-state index < -0.39 is 7.80 Å². The summed E-state index contributed by atoms with van der Waals surface area (Å²) in [6.07, 6.45) is 0. The Balaban J connectivity index is 4.19. The molecule has 0 amide bonds. The van der Waals surface area contributed by atoms with Crippen molar-refractivity contribution in [1.29, 1.82) is 0 Å². The van der Waals surface area contributed by atoms with Crippen molar-refractivity contribution < 1.29 is 4.57 Å². The quantitative estimate of drug-likeness (QED) is 0.625. The molecule has 0 aromatic carbocycles. The van der Waals surface area contributed by atoms with Gasteiger partial charge in [-0.2, -0.15) is 0 Å². The average molecular weight is 221 g/mol. The van der Waals surface area contributed by atoms with Gasteiger partial charge in [0.25, 0.3) is 0 Å². The van der Waals surface area contributed by atoms with Gasteiger partial charge in [-0.25, -0.2) is 0 Å². The molecule has 0 spiro atoms. The average Bonchev–Trinajstić information content (AvgIpc) is 1.97. The minimum absolute atomic E-state index is 0.0342.